The van der Waals surface area contributed by atoms with E-state index >= 15 is 0 Å². The minimum absolute atomic E-state index is 0.0292. The van der Waals surface area contributed by atoms with Crippen LogP contribution in [0.1, 0.15) is 6.42 Å². The van der Waals surface area contributed by atoms with Crippen LogP contribution < -0.4 is 11.1 Å². The number of amides is 1. The van der Waals surface area contributed by atoms with Crippen molar-refractivity contribution >= 4 is 17.6 Å². The van der Waals surface area contributed by atoms with Gasteiger partial charge in [-0.25, -0.2) is 8.78 Å². The number of nitrogens with zero attached hydrogens (tertiary/aromatic N) is 1. The lowest BCUT2D eigenvalue weighted by molar-refractivity contribution is -0.143. The highest BCUT2D eigenvalue weighted by Gasteiger charge is 2.41. The predicted molar refractivity (Wildman–Crippen MR) is 70.6 cm³/mol. The average Bonchev–Trinajstić information content (AvgIpc) is 2.77. The Hall–Kier alpha value is -2.06. The van der Waals surface area contributed by atoms with Crippen LogP contribution in [0.3, 0.4) is 0 Å². The molecular formula is C13H15F2N3O3. The summed E-state index contributed by atoms with van der Waals surface area (Å²) in [5, 5.41) is 11.2. The second kappa shape index (κ2) is 5.74. The molecule has 0 bridgehead atoms. The number of benzene rings is 1. The molecule has 1 fully saturated rings. The van der Waals surface area contributed by atoms with E-state index in [0.717, 1.165) is 18.2 Å². The molecule has 0 aliphatic carbocycles. The minimum Gasteiger partial charge on any atom is -0.480 e. The van der Waals surface area contributed by atoms with E-state index < -0.39 is 29.0 Å². The van der Waals surface area contributed by atoms with Crippen LogP contribution in [0, 0.1) is 11.6 Å². The van der Waals surface area contributed by atoms with Crippen LogP contribution in [-0.4, -0.2) is 47.1 Å². The molecule has 1 atom stereocenters. The first kappa shape index (κ1) is 15.3. The van der Waals surface area contributed by atoms with Crippen molar-refractivity contribution in [3.8, 4) is 0 Å². The topological polar surface area (TPSA) is 95.7 Å². The van der Waals surface area contributed by atoms with Crippen molar-refractivity contribution in [3.63, 3.8) is 0 Å². The van der Waals surface area contributed by atoms with Gasteiger partial charge in [0.05, 0.1) is 12.2 Å². The summed E-state index contributed by atoms with van der Waals surface area (Å²) in [5.41, 5.74) is 4.06. The molecule has 0 spiro atoms. The summed E-state index contributed by atoms with van der Waals surface area (Å²) in [5.74, 6) is -3.10. The smallest absolute Gasteiger partial charge is 0.325 e. The van der Waals surface area contributed by atoms with Gasteiger partial charge in [0.15, 0.2) is 0 Å². The Morgan fingerprint density at radius 3 is 2.76 bits per heavy atom. The number of carbonyl (C=O) groups is 2. The Labute approximate surface area is 119 Å². The number of aliphatic carboxylic acids is 1. The van der Waals surface area contributed by atoms with Gasteiger partial charge in [-0.3, -0.25) is 14.5 Å². The number of hydrogen-bond donors (Lipinski definition) is 3. The first-order valence-corrected chi connectivity index (χ1v) is 6.30. The van der Waals surface area contributed by atoms with Crippen LogP contribution in [-0.2, 0) is 9.59 Å². The fourth-order valence-electron chi connectivity index (χ4n) is 2.21. The van der Waals surface area contributed by atoms with Crippen molar-refractivity contribution in [1.82, 2.24) is 4.90 Å². The zero-order valence-corrected chi connectivity index (χ0v) is 11.1. The van der Waals surface area contributed by atoms with Gasteiger partial charge in [-0.05, 0) is 18.6 Å². The van der Waals surface area contributed by atoms with Gasteiger partial charge in [0, 0.05) is 19.2 Å². The summed E-state index contributed by atoms with van der Waals surface area (Å²) in [6.07, 6.45) is 0.226. The molecule has 1 aliphatic heterocycles. The van der Waals surface area contributed by atoms with Crippen molar-refractivity contribution in [2.45, 2.75) is 12.0 Å². The molecule has 21 heavy (non-hydrogen) atoms. The van der Waals surface area contributed by atoms with E-state index in [1.807, 2.05) is 0 Å². The molecule has 1 unspecified atom stereocenters. The van der Waals surface area contributed by atoms with Gasteiger partial charge in [0.1, 0.15) is 17.2 Å². The molecule has 1 heterocycles. The third-order valence-corrected chi connectivity index (χ3v) is 3.38. The van der Waals surface area contributed by atoms with Crippen LogP contribution in [0.2, 0.25) is 0 Å². The normalized spacial score (nSPS) is 22.2. The molecule has 0 aromatic heterocycles. The molecule has 1 aromatic carbocycles. The van der Waals surface area contributed by atoms with Crippen LogP contribution in [0.4, 0.5) is 14.5 Å². The fraction of sp³-hybridized carbons (Fsp3) is 0.385. The zero-order valence-electron chi connectivity index (χ0n) is 11.1. The third-order valence-electron chi connectivity index (χ3n) is 3.38. The maximum atomic E-state index is 13.4. The van der Waals surface area contributed by atoms with E-state index in [1.165, 1.54) is 0 Å². The van der Waals surface area contributed by atoms with Crippen LogP contribution >= 0.6 is 0 Å². The van der Waals surface area contributed by atoms with Gasteiger partial charge in [-0.15, -0.1) is 0 Å². The predicted octanol–water partition coefficient (Wildman–Crippen LogP) is 0.391. The summed E-state index contributed by atoms with van der Waals surface area (Å²) < 4.78 is 26.4. The number of rotatable bonds is 4. The van der Waals surface area contributed by atoms with E-state index in [4.69, 9.17) is 10.8 Å². The number of carboxylic acids is 1. The molecule has 0 radical (unpaired) electrons. The number of anilines is 1. The number of likely N-dealkylation sites (tertiary alicyclic amines) is 1. The lowest BCUT2D eigenvalue weighted by Gasteiger charge is -2.19. The highest BCUT2D eigenvalue weighted by molar-refractivity contribution is 5.92. The Balaban J connectivity index is 1.94. The lowest BCUT2D eigenvalue weighted by atomic mass is 10.0. The minimum atomic E-state index is -1.37. The van der Waals surface area contributed by atoms with Crippen LogP contribution in [0.15, 0.2) is 18.2 Å². The largest absolute Gasteiger partial charge is 0.480 e. The van der Waals surface area contributed by atoms with Gasteiger partial charge in [0.2, 0.25) is 5.91 Å². The van der Waals surface area contributed by atoms with Gasteiger partial charge in [0.25, 0.3) is 0 Å². The third kappa shape index (κ3) is 3.53. The fourth-order valence-corrected chi connectivity index (χ4v) is 2.21. The maximum Gasteiger partial charge on any atom is 0.325 e. The number of hydrogen-bond acceptors (Lipinski definition) is 4. The highest BCUT2D eigenvalue weighted by atomic mass is 19.1. The number of carboxylic acid groups (broad SMARTS) is 1. The second-order valence-corrected chi connectivity index (χ2v) is 5.09. The van der Waals surface area contributed by atoms with Gasteiger partial charge >= 0.3 is 5.97 Å². The molecule has 6 nitrogen and oxygen atoms in total. The number of halogens is 2. The van der Waals surface area contributed by atoms with Crippen LogP contribution in [0.25, 0.3) is 0 Å². The maximum absolute atomic E-state index is 13.4. The molecule has 2 rings (SSSR count). The Morgan fingerprint density at radius 1 is 1.43 bits per heavy atom. The van der Waals surface area contributed by atoms with E-state index in [2.05, 4.69) is 5.32 Å². The SMILES string of the molecule is NC1(C(=O)O)CCN(CC(=O)Nc2cc(F)ccc2F)C1. The summed E-state index contributed by atoms with van der Waals surface area (Å²) in [6.45, 7) is 0.241. The summed E-state index contributed by atoms with van der Waals surface area (Å²) >= 11 is 0. The average molecular weight is 299 g/mol. The number of nitrogens with one attached hydrogen (secondary N) is 1. The van der Waals surface area contributed by atoms with E-state index in [-0.39, 0.29) is 25.2 Å². The van der Waals surface area contributed by atoms with Crippen molar-refractivity contribution in [3.05, 3.63) is 29.8 Å². The molecular weight excluding hydrogens is 284 g/mol. The van der Waals surface area contributed by atoms with Gasteiger partial charge in [-0.2, -0.15) is 0 Å². The van der Waals surface area contributed by atoms with E-state index in [9.17, 15) is 18.4 Å². The second-order valence-electron chi connectivity index (χ2n) is 5.09. The van der Waals surface area contributed by atoms with Crippen molar-refractivity contribution < 1.29 is 23.5 Å². The molecule has 114 valence electrons. The Bertz CT molecular complexity index is 582. The van der Waals surface area contributed by atoms with E-state index in [1.54, 1.807) is 4.90 Å². The van der Waals surface area contributed by atoms with Crippen molar-refractivity contribution in [2.24, 2.45) is 5.73 Å². The Morgan fingerprint density at radius 2 is 2.14 bits per heavy atom. The van der Waals surface area contributed by atoms with Crippen molar-refractivity contribution in [1.29, 1.82) is 0 Å². The molecule has 1 aromatic rings. The molecule has 8 heteroatoms. The Kier molecular flexibility index (Phi) is 4.19. The summed E-state index contributed by atoms with van der Waals surface area (Å²) in [4.78, 5) is 24.3. The lowest BCUT2D eigenvalue weighted by Crippen LogP contribution is -2.50. The monoisotopic (exact) mass is 299 g/mol. The zero-order chi connectivity index (χ0) is 15.6. The van der Waals surface area contributed by atoms with Gasteiger partial charge < -0.3 is 16.2 Å². The summed E-state index contributed by atoms with van der Waals surface area (Å²) in [6, 6.07) is 2.74. The molecule has 1 amide bonds. The molecule has 1 aliphatic rings. The molecule has 4 N–H and O–H groups in total. The molecule has 1 saturated heterocycles. The number of carbonyl (C=O) groups excluding carboxylic acids is 1. The first-order valence-electron chi connectivity index (χ1n) is 6.30. The first-order chi connectivity index (χ1) is 9.80. The van der Waals surface area contributed by atoms with Crippen molar-refractivity contribution in [2.75, 3.05) is 25.0 Å². The number of nitrogens with two attached hydrogens (primary N) is 1. The highest BCUT2D eigenvalue weighted by Crippen LogP contribution is 2.19. The van der Waals surface area contributed by atoms with Crippen LogP contribution in [0.5, 0.6) is 0 Å². The molecule has 0 saturated carbocycles. The summed E-state index contributed by atoms with van der Waals surface area (Å²) in [7, 11) is 0. The standard InChI is InChI=1S/C13H15F2N3O3/c14-8-1-2-9(15)10(5-8)17-11(19)6-18-4-3-13(16,7-18)12(20)21/h1-2,5H,3-4,6-7,16H2,(H,17,19)(H,20,21). The quantitative estimate of drug-likeness (QED) is 0.747. The van der Waals surface area contributed by atoms with Gasteiger partial charge in [-0.1, -0.05) is 0 Å². The van der Waals surface area contributed by atoms with E-state index in [0.29, 0.717) is 6.54 Å².